The summed E-state index contributed by atoms with van der Waals surface area (Å²) in [5, 5.41) is 3.71. The molecule has 5 nitrogen and oxygen atoms in total. The van der Waals surface area contributed by atoms with Gasteiger partial charge in [0, 0.05) is 10.7 Å². The van der Waals surface area contributed by atoms with E-state index in [1.165, 1.54) is 6.20 Å². The minimum atomic E-state index is -0.466. The molecule has 0 atom stereocenters. The van der Waals surface area contributed by atoms with Gasteiger partial charge in [-0.15, -0.1) is 0 Å². The molecule has 0 aliphatic carbocycles. The number of hydrogen-bond donors (Lipinski definition) is 2. The van der Waals surface area contributed by atoms with Gasteiger partial charge in [0.05, 0.1) is 24.1 Å². The number of nitrogens with two attached hydrogens (primary N) is 1. The van der Waals surface area contributed by atoms with Crippen LogP contribution in [0.2, 0.25) is 5.02 Å². The summed E-state index contributed by atoms with van der Waals surface area (Å²) in [6, 6.07) is 8.69. The zero-order chi connectivity index (χ0) is 14.5. The molecule has 0 aliphatic rings. The number of carbonyl (C=O) groups excluding carboxylic acids is 1. The van der Waals surface area contributed by atoms with Crippen LogP contribution in [0.25, 0.3) is 0 Å². The highest BCUT2D eigenvalue weighted by Gasteiger charge is 2.12. The Labute approximate surface area is 121 Å². The van der Waals surface area contributed by atoms with Crippen molar-refractivity contribution in [1.29, 1.82) is 0 Å². The van der Waals surface area contributed by atoms with Crippen molar-refractivity contribution in [2.24, 2.45) is 0 Å². The van der Waals surface area contributed by atoms with Gasteiger partial charge in [0.25, 0.3) is 0 Å². The fourth-order valence-electron chi connectivity index (χ4n) is 1.60. The molecule has 0 aliphatic heterocycles. The predicted octanol–water partition coefficient (Wildman–Crippen LogP) is 3.24. The Balaban J connectivity index is 2.22. The number of nitrogen functional groups attached to an aromatic ring is 1. The Kier molecular flexibility index (Phi) is 4.42. The van der Waals surface area contributed by atoms with Crippen molar-refractivity contribution in [3.8, 4) is 0 Å². The fourth-order valence-corrected chi connectivity index (χ4v) is 1.73. The number of aromatic nitrogens is 1. The van der Waals surface area contributed by atoms with Crippen LogP contribution in [-0.2, 0) is 4.74 Å². The van der Waals surface area contributed by atoms with Gasteiger partial charge in [-0.25, -0.2) is 9.78 Å². The lowest BCUT2D eigenvalue weighted by molar-refractivity contribution is 0.0527. The van der Waals surface area contributed by atoms with E-state index in [1.807, 2.05) is 12.1 Å². The van der Waals surface area contributed by atoms with E-state index in [-0.39, 0.29) is 5.69 Å². The van der Waals surface area contributed by atoms with E-state index >= 15 is 0 Å². The van der Waals surface area contributed by atoms with Gasteiger partial charge in [-0.05, 0) is 37.3 Å². The molecule has 1 heterocycles. The van der Waals surface area contributed by atoms with Gasteiger partial charge in [0.2, 0.25) is 0 Å². The third-order valence-electron chi connectivity index (χ3n) is 2.55. The largest absolute Gasteiger partial charge is 0.462 e. The number of nitrogens with zero attached hydrogens (tertiary/aromatic N) is 1. The van der Waals surface area contributed by atoms with E-state index in [4.69, 9.17) is 22.1 Å². The number of anilines is 3. The molecule has 0 bridgehead atoms. The number of benzene rings is 1. The van der Waals surface area contributed by atoms with Crippen LogP contribution in [-0.4, -0.2) is 17.6 Å². The zero-order valence-electron chi connectivity index (χ0n) is 10.9. The van der Waals surface area contributed by atoms with Crippen molar-refractivity contribution in [3.63, 3.8) is 0 Å². The minimum Gasteiger partial charge on any atom is -0.462 e. The maximum Gasteiger partial charge on any atom is 0.340 e. The van der Waals surface area contributed by atoms with Crippen molar-refractivity contribution >= 4 is 34.8 Å². The second-order valence-corrected chi connectivity index (χ2v) is 4.45. The Bertz CT molecular complexity index is 614. The molecule has 1 aromatic heterocycles. The van der Waals surface area contributed by atoms with E-state index in [9.17, 15) is 4.79 Å². The number of nitrogens with one attached hydrogen (secondary N) is 1. The lowest BCUT2D eigenvalue weighted by atomic mass is 10.2. The van der Waals surface area contributed by atoms with Gasteiger partial charge in [-0.1, -0.05) is 11.6 Å². The van der Waals surface area contributed by atoms with E-state index in [1.54, 1.807) is 25.1 Å². The highest BCUT2D eigenvalue weighted by molar-refractivity contribution is 6.30. The normalized spacial score (nSPS) is 10.1. The highest BCUT2D eigenvalue weighted by Crippen LogP contribution is 2.21. The molecule has 0 amide bonds. The summed E-state index contributed by atoms with van der Waals surface area (Å²) in [4.78, 5) is 15.9. The lowest BCUT2D eigenvalue weighted by Crippen LogP contribution is -2.09. The molecule has 0 spiro atoms. The Morgan fingerprint density at radius 1 is 1.40 bits per heavy atom. The quantitative estimate of drug-likeness (QED) is 0.846. The van der Waals surface area contributed by atoms with Crippen molar-refractivity contribution in [1.82, 2.24) is 4.98 Å². The van der Waals surface area contributed by atoms with Crippen LogP contribution >= 0.6 is 11.6 Å². The maximum absolute atomic E-state index is 11.7. The summed E-state index contributed by atoms with van der Waals surface area (Å²) in [6.45, 7) is 2.03. The molecule has 0 radical (unpaired) electrons. The van der Waals surface area contributed by atoms with Crippen molar-refractivity contribution in [3.05, 3.63) is 47.1 Å². The van der Waals surface area contributed by atoms with Crippen LogP contribution in [0.4, 0.5) is 17.2 Å². The van der Waals surface area contributed by atoms with Crippen LogP contribution in [0.15, 0.2) is 36.5 Å². The molecule has 0 fully saturated rings. The van der Waals surface area contributed by atoms with Gasteiger partial charge in [-0.3, -0.25) is 0 Å². The number of pyridine rings is 1. The number of carbonyl (C=O) groups is 1. The predicted molar refractivity (Wildman–Crippen MR) is 79.3 cm³/mol. The van der Waals surface area contributed by atoms with Crippen molar-refractivity contribution in [2.45, 2.75) is 6.92 Å². The SMILES string of the molecule is CCOC(=O)c1cc(Nc2ccc(Cl)cc2)ncc1N. The number of halogens is 1. The number of rotatable bonds is 4. The monoisotopic (exact) mass is 291 g/mol. The van der Waals surface area contributed by atoms with Crippen LogP contribution < -0.4 is 11.1 Å². The summed E-state index contributed by atoms with van der Waals surface area (Å²) in [5.74, 6) is 0.0381. The summed E-state index contributed by atoms with van der Waals surface area (Å²) in [6.07, 6.45) is 1.42. The molecule has 1 aromatic carbocycles. The van der Waals surface area contributed by atoms with Crippen LogP contribution in [0.3, 0.4) is 0 Å². The van der Waals surface area contributed by atoms with Crippen LogP contribution in [0.1, 0.15) is 17.3 Å². The van der Waals surface area contributed by atoms with Crippen molar-refractivity contribution in [2.75, 3.05) is 17.7 Å². The molecule has 3 N–H and O–H groups in total. The molecule has 2 aromatic rings. The third-order valence-corrected chi connectivity index (χ3v) is 2.80. The van der Waals surface area contributed by atoms with Crippen LogP contribution in [0, 0.1) is 0 Å². The second-order valence-electron chi connectivity index (χ2n) is 4.01. The minimum absolute atomic E-state index is 0.283. The summed E-state index contributed by atoms with van der Waals surface area (Å²) in [7, 11) is 0. The molecule has 0 saturated carbocycles. The lowest BCUT2D eigenvalue weighted by Gasteiger charge is -2.09. The topological polar surface area (TPSA) is 77.2 Å². The van der Waals surface area contributed by atoms with E-state index in [2.05, 4.69) is 10.3 Å². The van der Waals surface area contributed by atoms with Gasteiger partial charge >= 0.3 is 5.97 Å². The molecule has 20 heavy (non-hydrogen) atoms. The van der Waals surface area contributed by atoms with Crippen LogP contribution in [0.5, 0.6) is 0 Å². The Morgan fingerprint density at radius 2 is 2.10 bits per heavy atom. The Hall–Kier alpha value is -2.27. The zero-order valence-corrected chi connectivity index (χ0v) is 11.6. The summed E-state index contributed by atoms with van der Waals surface area (Å²) in [5.41, 5.74) is 7.10. The average molecular weight is 292 g/mol. The van der Waals surface area contributed by atoms with Gasteiger partial charge in [-0.2, -0.15) is 0 Å². The van der Waals surface area contributed by atoms with E-state index < -0.39 is 5.97 Å². The fraction of sp³-hybridized carbons (Fsp3) is 0.143. The first-order valence-corrected chi connectivity index (χ1v) is 6.43. The molecule has 0 saturated heterocycles. The first kappa shape index (κ1) is 14.1. The number of hydrogen-bond acceptors (Lipinski definition) is 5. The Morgan fingerprint density at radius 3 is 2.75 bits per heavy atom. The first-order valence-electron chi connectivity index (χ1n) is 6.05. The summed E-state index contributed by atoms with van der Waals surface area (Å²) >= 11 is 5.82. The van der Waals surface area contributed by atoms with Crippen molar-refractivity contribution < 1.29 is 9.53 Å². The average Bonchev–Trinajstić information content (AvgIpc) is 2.43. The molecule has 0 unspecified atom stereocenters. The van der Waals surface area contributed by atoms with Gasteiger partial charge < -0.3 is 15.8 Å². The second kappa shape index (κ2) is 6.25. The van der Waals surface area contributed by atoms with E-state index in [0.29, 0.717) is 23.0 Å². The molecule has 2 rings (SSSR count). The number of ether oxygens (including phenoxy) is 1. The standard InChI is InChI=1S/C14H14ClN3O2/c1-2-20-14(19)11-7-13(17-8-12(11)16)18-10-5-3-9(15)4-6-10/h3-8H,2,16H2,1H3,(H,17,18). The van der Waals surface area contributed by atoms with Gasteiger partial charge in [0.1, 0.15) is 5.82 Å². The molecule has 6 heteroatoms. The maximum atomic E-state index is 11.7. The summed E-state index contributed by atoms with van der Waals surface area (Å²) < 4.78 is 4.94. The molecule has 104 valence electrons. The highest BCUT2D eigenvalue weighted by atomic mass is 35.5. The van der Waals surface area contributed by atoms with E-state index in [0.717, 1.165) is 5.69 Å². The molecular weight excluding hydrogens is 278 g/mol. The molecular formula is C14H14ClN3O2. The first-order chi connectivity index (χ1) is 9.60. The van der Waals surface area contributed by atoms with Gasteiger partial charge in [0.15, 0.2) is 0 Å². The smallest absolute Gasteiger partial charge is 0.340 e. The number of esters is 1. The third kappa shape index (κ3) is 3.39.